The first kappa shape index (κ1) is 24.0. The molecule has 10 heteroatoms. The molecule has 9 nitrogen and oxygen atoms in total. The van der Waals surface area contributed by atoms with Crippen molar-refractivity contribution in [3.05, 3.63) is 23.9 Å². The molecule has 0 radical (unpaired) electrons. The summed E-state index contributed by atoms with van der Waals surface area (Å²) in [5.74, 6) is -0.166. The highest BCUT2D eigenvalue weighted by Crippen LogP contribution is 2.25. The molecule has 0 aromatic carbocycles. The van der Waals surface area contributed by atoms with Crippen LogP contribution in [0.1, 0.15) is 40.0 Å². The lowest BCUT2D eigenvalue weighted by molar-refractivity contribution is -0.133. The summed E-state index contributed by atoms with van der Waals surface area (Å²) in [6, 6.07) is -1.30. The van der Waals surface area contributed by atoms with Crippen LogP contribution >= 0.6 is 12.6 Å². The van der Waals surface area contributed by atoms with Crippen molar-refractivity contribution in [2.45, 2.75) is 57.7 Å². The van der Waals surface area contributed by atoms with Crippen LogP contribution in [0, 0.1) is 5.92 Å². The number of amides is 3. The number of fused-ring (bicyclic) bond motifs is 3. The quantitative estimate of drug-likeness (QED) is 0.367. The van der Waals surface area contributed by atoms with Gasteiger partial charge in [-0.15, -0.1) is 0 Å². The predicted octanol–water partition coefficient (Wildman–Crippen LogP) is 0.924. The summed E-state index contributed by atoms with van der Waals surface area (Å²) in [6.07, 6.45) is 6.91. The molecule has 0 spiro atoms. The van der Waals surface area contributed by atoms with Gasteiger partial charge < -0.3 is 20.7 Å². The Hall–Kier alpha value is -2.62. The van der Waals surface area contributed by atoms with E-state index in [1.54, 1.807) is 13.0 Å². The number of rotatable bonds is 4. The Labute approximate surface area is 193 Å². The molecule has 0 saturated heterocycles. The third kappa shape index (κ3) is 5.79. The van der Waals surface area contributed by atoms with E-state index in [1.165, 1.54) is 0 Å². The van der Waals surface area contributed by atoms with E-state index in [0.717, 1.165) is 5.71 Å². The van der Waals surface area contributed by atoms with Gasteiger partial charge in [-0.3, -0.25) is 19.4 Å². The highest BCUT2D eigenvalue weighted by Gasteiger charge is 2.42. The summed E-state index contributed by atoms with van der Waals surface area (Å²) in [5, 5.41) is 8.59. The average molecular weight is 462 g/mol. The number of carbonyl (C=O) groups is 3. The molecule has 0 aromatic rings. The first-order chi connectivity index (χ1) is 15.2. The second kappa shape index (κ2) is 10.3. The Morgan fingerprint density at radius 3 is 2.81 bits per heavy atom. The minimum absolute atomic E-state index is 0.0641. The molecule has 0 aromatic heterocycles. The molecule has 3 amide bonds. The molecule has 3 rings (SSSR count). The standard InChI is InChI=1S/C22H31N5O4S/c1-13(2)18-19(29)25-14(6-4-5-9-32)10-17(28)23-11-15-7-8-16(24-15)20-27-22(3,12-31-20)21(30)26-18/h4,6,8,13-14,18,32H,5,7,9-12H2,1-3H3,(H,23,28)(H,25,29)(H,26,30)/b6-4+/t14-,18+,22+/m1/s1. The molecule has 3 aliphatic heterocycles. The minimum Gasteiger partial charge on any atom is -0.473 e. The maximum Gasteiger partial charge on any atom is 0.251 e. The molecule has 3 heterocycles. The number of thiol groups is 1. The number of nitrogens with zero attached hydrogens (tertiary/aromatic N) is 2. The van der Waals surface area contributed by atoms with Crippen molar-refractivity contribution in [3.63, 3.8) is 0 Å². The molecular formula is C22H31N5O4S. The monoisotopic (exact) mass is 461 g/mol. The second-order valence-electron chi connectivity index (χ2n) is 8.68. The highest BCUT2D eigenvalue weighted by molar-refractivity contribution is 7.80. The fourth-order valence-electron chi connectivity index (χ4n) is 3.55. The van der Waals surface area contributed by atoms with Gasteiger partial charge in [-0.25, -0.2) is 4.99 Å². The Morgan fingerprint density at radius 1 is 1.31 bits per heavy atom. The lowest BCUT2D eigenvalue weighted by atomic mass is 9.99. The van der Waals surface area contributed by atoms with Gasteiger partial charge in [-0.2, -0.15) is 12.6 Å². The summed E-state index contributed by atoms with van der Waals surface area (Å²) >= 11 is 4.19. The van der Waals surface area contributed by atoms with Gasteiger partial charge in [0.25, 0.3) is 5.91 Å². The maximum absolute atomic E-state index is 13.1. The zero-order valence-corrected chi connectivity index (χ0v) is 19.6. The van der Waals surface area contributed by atoms with Crippen molar-refractivity contribution in [2.24, 2.45) is 15.9 Å². The van der Waals surface area contributed by atoms with Gasteiger partial charge in [0.2, 0.25) is 17.7 Å². The topological polar surface area (TPSA) is 121 Å². The van der Waals surface area contributed by atoms with E-state index in [1.807, 2.05) is 26.0 Å². The van der Waals surface area contributed by atoms with Gasteiger partial charge in [0, 0.05) is 12.1 Å². The summed E-state index contributed by atoms with van der Waals surface area (Å²) in [5.41, 5.74) is 0.179. The van der Waals surface area contributed by atoms with Gasteiger partial charge >= 0.3 is 0 Å². The molecule has 0 saturated carbocycles. The number of allylic oxidation sites excluding steroid dienone is 2. The smallest absolute Gasteiger partial charge is 0.251 e. The molecule has 3 aliphatic rings. The predicted molar refractivity (Wildman–Crippen MR) is 126 cm³/mol. The molecule has 0 unspecified atom stereocenters. The Balaban J connectivity index is 1.89. The van der Waals surface area contributed by atoms with Crippen LogP contribution in [0.25, 0.3) is 0 Å². The summed E-state index contributed by atoms with van der Waals surface area (Å²) in [4.78, 5) is 47.7. The summed E-state index contributed by atoms with van der Waals surface area (Å²) < 4.78 is 5.67. The van der Waals surface area contributed by atoms with E-state index < -0.39 is 23.5 Å². The van der Waals surface area contributed by atoms with Crippen LogP contribution in [-0.4, -0.2) is 65.9 Å². The van der Waals surface area contributed by atoms with Crippen molar-refractivity contribution < 1.29 is 19.1 Å². The van der Waals surface area contributed by atoms with Crippen LogP contribution in [0.2, 0.25) is 0 Å². The van der Waals surface area contributed by atoms with Crippen LogP contribution in [0.15, 0.2) is 33.9 Å². The fourth-order valence-corrected chi connectivity index (χ4v) is 3.70. The van der Waals surface area contributed by atoms with E-state index in [4.69, 9.17) is 4.74 Å². The fraction of sp³-hybridized carbons (Fsp3) is 0.591. The number of ether oxygens (including phenoxy) is 1. The van der Waals surface area contributed by atoms with E-state index in [0.29, 0.717) is 36.7 Å². The van der Waals surface area contributed by atoms with E-state index in [9.17, 15) is 14.4 Å². The van der Waals surface area contributed by atoms with Crippen molar-refractivity contribution in [1.82, 2.24) is 16.0 Å². The lowest BCUT2D eigenvalue weighted by Crippen LogP contribution is -2.56. The first-order valence-electron chi connectivity index (χ1n) is 10.9. The van der Waals surface area contributed by atoms with Gasteiger partial charge in [0.15, 0.2) is 5.54 Å². The first-order valence-corrected chi connectivity index (χ1v) is 11.5. The molecule has 174 valence electrons. The number of aliphatic imine (C=N–C) groups is 2. The zero-order chi connectivity index (χ0) is 23.3. The molecule has 4 bridgehead atoms. The Kier molecular flexibility index (Phi) is 7.76. The van der Waals surface area contributed by atoms with Crippen LogP contribution in [0.4, 0.5) is 0 Å². The largest absolute Gasteiger partial charge is 0.473 e. The van der Waals surface area contributed by atoms with Crippen molar-refractivity contribution >= 4 is 42.0 Å². The van der Waals surface area contributed by atoms with Crippen molar-refractivity contribution in [2.75, 3.05) is 18.9 Å². The lowest BCUT2D eigenvalue weighted by Gasteiger charge is -2.27. The van der Waals surface area contributed by atoms with Gasteiger partial charge in [-0.05, 0) is 31.1 Å². The molecule has 3 atom stereocenters. The Morgan fingerprint density at radius 2 is 2.09 bits per heavy atom. The van der Waals surface area contributed by atoms with E-state index >= 15 is 0 Å². The zero-order valence-electron chi connectivity index (χ0n) is 18.7. The third-order valence-electron chi connectivity index (χ3n) is 5.48. The van der Waals surface area contributed by atoms with E-state index in [2.05, 4.69) is 38.6 Å². The molecule has 3 N–H and O–H groups in total. The van der Waals surface area contributed by atoms with Gasteiger partial charge in [0.1, 0.15) is 18.3 Å². The summed E-state index contributed by atoms with van der Waals surface area (Å²) in [6.45, 7) is 5.73. The van der Waals surface area contributed by atoms with Gasteiger partial charge in [-0.1, -0.05) is 26.0 Å². The number of nitrogens with one attached hydrogen (secondary N) is 3. The highest BCUT2D eigenvalue weighted by atomic mass is 32.1. The van der Waals surface area contributed by atoms with Crippen LogP contribution in [0.5, 0.6) is 0 Å². The molecular weight excluding hydrogens is 430 g/mol. The number of carbonyl (C=O) groups excluding carboxylic acids is 3. The van der Waals surface area contributed by atoms with Gasteiger partial charge in [0.05, 0.1) is 19.0 Å². The summed E-state index contributed by atoms with van der Waals surface area (Å²) in [7, 11) is 0. The number of hydrogen-bond donors (Lipinski definition) is 4. The van der Waals surface area contributed by atoms with E-state index in [-0.39, 0.29) is 30.8 Å². The molecule has 0 aliphatic carbocycles. The normalized spacial score (nSPS) is 29.2. The van der Waals surface area contributed by atoms with Crippen molar-refractivity contribution in [1.29, 1.82) is 0 Å². The molecule has 32 heavy (non-hydrogen) atoms. The number of hydrogen-bond acceptors (Lipinski definition) is 7. The van der Waals surface area contributed by atoms with Crippen molar-refractivity contribution in [3.8, 4) is 0 Å². The van der Waals surface area contributed by atoms with Crippen LogP contribution < -0.4 is 16.0 Å². The Bertz CT molecular complexity index is 895. The minimum atomic E-state index is -1.15. The average Bonchev–Trinajstić information content (AvgIpc) is 3.37. The second-order valence-corrected chi connectivity index (χ2v) is 9.13. The van der Waals surface area contributed by atoms with Crippen LogP contribution in [-0.2, 0) is 19.1 Å². The van der Waals surface area contributed by atoms with Crippen LogP contribution in [0.3, 0.4) is 0 Å². The maximum atomic E-state index is 13.1. The molecule has 0 fully saturated rings. The third-order valence-corrected chi connectivity index (χ3v) is 5.74. The SMILES string of the molecule is CC(C)[C@@H]1NC(=O)[C@]2(C)COC(=N2)C2=CCC(=N2)CNC(=O)C[C@@H](/C=C/CCS)NC1=O.